The minimum absolute atomic E-state index is 0.0281. The Morgan fingerprint density at radius 3 is 3.10 bits per heavy atom. The van der Waals surface area contributed by atoms with Crippen molar-refractivity contribution in [2.75, 3.05) is 6.54 Å². The zero-order valence-corrected chi connectivity index (χ0v) is 5.76. The highest BCUT2D eigenvalue weighted by Gasteiger charge is 2.20. The predicted octanol–water partition coefficient (Wildman–Crippen LogP) is 0.221. The molecule has 54 valence electrons. The van der Waals surface area contributed by atoms with Crippen LogP contribution in [-0.4, -0.2) is 18.4 Å². The standard InChI is InChI=1S/C7H10N2O/c8-4-3-7(10)6-2-1-5-9-6/h6,9H,1-3,5H2/t6-/m1/s1. The Morgan fingerprint density at radius 1 is 1.80 bits per heavy atom. The average Bonchev–Trinajstić information content (AvgIpc) is 2.38. The normalized spacial score (nSPS) is 24.1. The van der Waals surface area contributed by atoms with Crippen molar-refractivity contribution in [3.63, 3.8) is 0 Å². The number of rotatable bonds is 2. The van der Waals surface area contributed by atoms with Gasteiger partial charge >= 0.3 is 0 Å². The van der Waals surface area contributed by atoms with Crippen LogP contribution in [-0.2, 0) is 4.79 Å². The Kier molecular flexibility index (Phi) is 2.41. The number of nitrogens with one attached hydrogen (secondary N) is 1. The van der Waals surface area contributed by atoms with E-state index in [1.54, 1.807) is 0 Å². The van der Waals surface area contributed by atoms with E-state index in [4.69, 9.17) is 5.26 Å². The molecule has 0 amide bonds. The molecule has 1 fully saturated rings. The third-order valence-electron chi connectivity index (χ3n) is 1.70. The first-order valence-electron chi connectivity index (χ1n) is 3.47. The van der Waals surface area contributed by atoms with Crippen molar-refractivity contribution in [3.8, 4) is 6.07 Å². The van der Waals surface area contributed by atoms with Crippen molar-refractivity contribution in [1.29, 1.82) is 5.26 Å². The highest BCUT2D eigenvalue weighted by atomic mass is 16.1. The molecule has 1 aliphatic rings. The van der Waals surface area contributed by atoms with Crippen LogP contribution in [0.4, 0.5) is 0 Å². The fourth-order valence-electron chi connectivity index (χ4n) is 1.16. The van der Waals surface area contributed by atoms with Gasteiger partial charge in [-0.05, 0) is 19.4 Å². The molecule has 0 aliphatic carbocycles. The molecule has 1 N–H and O–H groups in total. The third-order valence-corrected chi connectivity index (χ3v) is 1.70. The number of carbonyl (C=O) groups is 1. The summed E-state index contributed by atoms with van der Waals surface area (Å²) in [5.74, 6) is 0.0417. The van der Waals surface area contributed by atoms with E-state index in [9.17, 15) is 4.79 Å². The Balaban J connectivity index is 2.34. The Morgan fingerprint density at radius 2 is 2.60 bits per heavy atom. The van der Waals surface area contributed by atoms with E-state index in [-0.39, 0.29) is 18.2 Å². The van der Waals surface area contributed by atoms with E-state index in [1.165, 1.54) is 0 Å². The van der Waals surface area contributed by atoms with Crippen molar-refractivity contribution in [2.45, 2.75) is 25.3 Å². The number of hydrogen-bond donors (Lipinski definition) is 1. The maximum absolute atomic E-state index is 11.0. The molecule has 0 unspecified atom stereocenters. The molecule has 0 bridgehead atoms. The SMILES string of the molecule is N#CCC(=O)[C@H]1CCCN1. The van der Waals surface area contributed by atoms with E-state index in [1.807, 2.05) is 6.07 Å². The molecule has 0 aromatic heterocycles. The van der Waals surface area contributed by atoms with Gasteiger partial charge in [-0.15, -0.1) is 0 Å². The molecule has 0 saturated carbocycles. The van der Waals surface area contributed by atoms with Crippen molar-refractivity contribution >= 4 is 5.78 Å². The van der Waals surface area contributed by atoms with E-state index in [2.05, 4.69) is 5.32 Å². The second kappa shape index (κ2) is 3.33. The number of Topliss-reactive ketones (excluding diaryl/α,β-unsaturated/α-hetero) is 1. The van der Waals surface area contributed by atoms with Gasteiger partial charge in [0.25, 0.3) is 0 Å². The van der Waals surface area contributed by atoms with Gasteiger partial charge in [-0.25, -0.2) is 0 Å². The lowest BCUT2D eigenvalue weighted by Crippen LogP contribution is -2.30. The van der Waals surface area contributed by atoms with Gasteiger partial charge in [0.05, 0.1) is 18.5 Å². The zero-order chi connectivity index (χ0) is 7.40. The Hall–Kier alpha value is -0.880. The van der Waals surface area contributed by atoms with Crippen molar-refractivity contribution < 1.29 is 4.79 Å². The van der Waals surface area contributed by atoms with E-state index >= 15 is 0 Å². The molecule has 1 aliphatic heterocycles. The van der Waals surface area contributed by atoms with Gasteiger partial charge < -0.3 is 5.32 Å². The first kappa shape index (κ1) is 7.23. The van der Waals surface area contributed by atoms with E-state index in [0.717, 1.165) is 19.4 Å². The molecular weight excluding hydrogens is 128 g/mol. The van der Waals surface area contributed by atoms with Crippen LogP contribution < -0.4 is 5.32 Å². The van der Waals surface area contributed by atoms with Crippen LogP contribution in [0, 0.1) is 11.3 Å². The number of ketones is 1. The van der Waals surface area contributed by atoms with Crippen LogP contribution in [0.25, 0.3) is 0 Å². The third kappa shape index (κ3) is 1.55. The quantitative estimate of drug-likeness (QED) is 0.594. The largest absolute Gasteiger partial charge is 0.307 e. The maximum atomic E-state index is 11.0. The molecule has 10 heavy (non-hydrogen) atoms. The Bertz CT molecular complexity index is 165. The number of hydrogen-bond acceptors (Lipinski definition) is 3. The molecule has 0 radical (unpaired) electrons. The van der Waals surface area contributed by atoms with Gasteiger partial charge in [0, 0.05) is 0 Å². The fraction of sp³-hybridized carbons (Fsp3) is 0.714. The van der Waals surface area contributed by atoms with Gasteiger partial charge in [0.1, 0.15) is 0 Å². The topological polar surface area (TPSA) is 52.9 Å². The summed E-state index contributed by atoms with van der Waals surface area (Å²) in [5, 5.41) is 11.2. The van der Waals surface area contributed by atoms with Crippen LogP contribution in [0.15, 0.2) is 0 Å². The number of nitrogens with zero attached hydrogens (tertiary/aromatic N) is 1. The summed E-state index contributed by atoms with van der Waals surface area (Å²) in [5.41, 5.74) is 0. The smallest absolute Gasteiger partial charge is 0.163 e. The minimum Gasteiger partial charge on any atom is -0.307 e. The summed E-state index contributed by atoms with van der Waals surface area (Å²) in [6.45, 7) is 0.918. The van der Waals surface area contributed by atoms with Gasteiger partial charge in [0.2, 0.25) is 0 Å². The minimum atomic E-state index is -0.0281. The second-order valence-corrected chi connectivity index (χ2v) is 2.45. The summed E-state index contributed by atoms with van der Waals surface area (Å²) in [7, 11) is 0. The monoisotopic (exact) mass is 138 g/mol. The highest BCUT2D eigenvalue weighted by molar-refractivity contribution is 5.85. The lowest BCUT2D eigenvalue weighted by molar-refractivity contribution is -0.119. The molecular formula is C7H10N2O. The number of nitriles is 1. The summed E-state index contributed by atoms with van der Waals surface area (Å²) in [6, 6.07) is 1.83. The first-order chi connectivity index (χ1) is 4.84. The molecule has 1 saturated heterocycles. The van der Waals surface area contributed by atoms with Crippen molar-refractivity contribution in [2.24, 2.45) is 0 Å². The predicted molar refractivity (Wildman–Crippen MR) is 36.3 cm³/mol. The second-order valence-electron chi connectivity index (χ2n) is 2.45. The summed E-state index contributed by atoms with van der Waals surface area (Å²) >= 11 is 0. The molecule has 3 nitrogen and oxygen atoms in total. The molecule has 0 spiro atoms. The van der Waals surface area contributed by atoms with Gasteiger partial charge in [0.15, 0.2) is 5.78 Å². The lowest BCUT2D eigenvalue weighted by atomic mass is 10.1. The Labute approximate surface area is 60.0 Å². The first-order valence-corrected chi connectivity index (χ1v) is 3.47. The molecule has 0 aromatic carbocycles. The van der Waals surface area contributed by atoms with Crippen LogP contribution in [0.3, 0.4) is 0 Å². The van der Waals surface area contributed by atoms with Crippen molar-refractivity contribution in [3.05, 3.63) is 0 Å². The van der Waals surface area contributed by atoms with Crippen LogP contribution >= 0.6 is 0 Å². The van der Waals surface area contributed by atoms with Crippen LogP contribution in [0.2, 0.25) is 0 Å². The van der Waals surface area contributed by atoms with Gasteiger partial charge in [-0.1, -0.05) is 0 Å². The highest BCUT2D eigenvalue weighted by Crippen LogP contribution is 2.06. The summed E-state index contributed by atoms with van der Waals surface area (Å²) < 4.78 is 0. The number of carbonyl (C=O) groups excluding carboxylic acids is 1. The van der Waals surface area contributed by atoms with Gasteiger partial charge in [-0.3, -0.25) is 4.79 Å². The lowest BCUT2D eigenvalue weighted by Gasteiger charge is -2.03. The average molecular weight is 138 g/mol. The van der Waals surface area contributed by atoms with Crippen LogP contribution in [0.1, 0.15) is 19.3 Å². The zero-order valence-electron chi connectivity index (χ0n) is 5.76. The summed E-state index contributed by atoms with van der Waals surface area (Å²) in [4.78, 5) is 11.0. The van der Waals surface area contributed by atoms with Crippen molar-refractivity contribution in [1.82, 2.24) is 5.32 Å². The van der Waals surface area contributed by atoms with E-state index < -0.39 is 0 Å². The van der Waals surface area contributed by atoms with E-state index in [0.29, 0.717) is 0 Å². The molecule has 1 heterocycles. The molecule has 3 heteroatoms. The summed E-state index contributed by atoms with van der Waals surface area (Å²) in [6.07, 6.45) is 2.01. The van der Waals surface area contributed by atoms with Gasteiger partial charge in [-0.2, -0.15) is 5.26 Å². The molecule has 1 rings (SSSR count). The molecule has 0 aromatic rings. The maximum Gasteiger partial charge on any atom is 0.163 e. The fourth-order valence-corrected chi connectivity index (χ4v) is 1.16. The van der Waals surface area contributed by atoms with Crippen LogP contribution in [0.5, 0.6) is 0 Å². The molecule has 1 atom stereocenters.